The summed E-state index contributed by atoms with van der Waals surface area (Å²) >= 11 is 0. The van der Waals surface area contributed by atoms with E-state index >= 15 is 0 Å². The highest BCUT2D eigenvalue weighted by Gasteiger charge is 2.24. The first-order valence-corrected chi connectivity index (χ1v) is 8.14. The van der Waals surface area contributed by atoms with E-state index in [1.54, 1.807) is 27.8 Å². The van der Waals surface area contributed by atoms with Crippen molar-refractivity contribution in [1.82, 2.24) is 4.90 Å². The molecule has 0 bridgehead atoms. The molecule has 1 amide bonds. The molecule has 0 radical (unpaired) electrons. The minimum atomic E-state index is -0.634. The predicted octanol–water partition coefficient (Wildman–Crippen LogP) is 2.96. The van der Waals surface area contributed by atoms with Crippen LogP contribution in [0.5, 0.6) is 11.5 Å². The summed E-state index contributed by atoms with van der Waals surface area (Å²) < 4.78 is 20.6. The van der Waals surface area contributed by atoms with Crippen LogP contribution in [-0.4, -0.2) is 43.6 Å². The monoisotopic (exact) mass is 351 g/mol. The third-order valence-corrected chi connectivity index (χ3v) is 3.90. The molecule has 2 rings (SSSR count). The van der Waals surface area contributed by atoms with Gasteiger partial charge >= 0.3 is 12.1 Å². The highest BCUT2D eigenvalue weighted by molar-refractivity contribution is 5.75. The van der Waals surface area contributed by atoms with Gasteiger partial charge in [0, 0.05) is 13.1 Å². The molecule has 1 aromatic rings. The van der Waals surface area contributed by atoms with Gasteiger partial charge in [-0.05, 0) is 51.8 Å². The lowest BCUT2D eigenvalue weighted by molar-refractivity contribution is -0.161. The van der Waals surface area contributed by atoms with Crippen molar-refractivity contribution in [2.75, 3.05) is 20.6 Å². The van der Waals surface area contributed by atoms with Crippen LogP contribution in [0.15, 0.2) is 18.2 Å². The molecule has 0 fully saturated rings. The Labute approximate surface area is 147 Å². The highest BCUT2D eigenvalue weighted by atomic mass is 16.7. The number of benzene rings is 1. The van der Waals surface area contributed by atoms with Crippen molar-refractivity contribution in [3.8, 4) is 11.5 Å². The van der Waals surface area contributed by atoms with Crippen molar-refractivity contribution in [2.24, 2.45) is 5.41 Å². The highest BCUT2D eigenvalue weighted by Crippen LogP contribution is 2.32. The summed E-state index contributed by atoms with van der Waals surface area (Å²) in [6, 6.07) is 5.60. The molecule has 0 aliphatic carbocycles. The average molecular weight is 351 g/mol. The Balaban J connectivity index is 1.81. The number of rotatable bonds is 5. The van der Waals surface area contributed by atoms with E-state index in [0.717, 1.165) is 11.3 Å². The minimum absolute atomic E-state index is 0.105. The first-order valence-electron chi connectivity index (χ1n) is 8.14. The molecule has 0 saturated carbocycles. The van der Waals surface area contributed by atoms with E-state index in [9.17, 15) is 9.59 Å². The minimum Gasteiger partial charge on any atom is -0.454 e. The van der Waals surface area contributed by atoms with Gasteiger partial charge in [-0.25, -0.2) is 4.79 Å². The fourth-order valence-electron chi connectivity index (χ4n) is 2.18. The molecule has 1 aromatic carbocycles. The quantitative estimate of drug-likeness (QED) is 0.600. The Bertz CT molecular complexity index is 637. The number of carbonyl (C=O) groups excluding carboxylic acids is 2. The molecular weight excluding hydrogens is 326 g/mol. The van der Waals surface area contributed by atoms with Gasteiger partial charge in [0.05, 0.1) is 5.41 Å². The molecule has 0 saturated heterocycles. The maximum absolute atomic E-state index is 12.1. The molecule has 138 valence electrons. The standard InChI is InChI=1S/C18H25NO6/c1-12(8-13-6-7-14-15(9-13)23-10-22-14)19(5)17(21)25-11-24-16(20)18(2,3)4/h6-7,9,12H,8,10-11H2,1-5H3. The van der Waals surface area contributed by atoms with Crippen LogP contribution in [0, 0.1) is 5.41 Å². The van der Waals surface area contributed by atoms with Gasteiger partial charge in [-0.3, -0.25) is 4.79 Å². The largest absolute Gasteiger partial charge is 0.454 e. The van der Waals surface area contributed by atoms with E-state index in [0.29, 0.717) is 12.2 Å². The summed E-state index contributed by atoms with van der Waals surface area (Å²) in [7, 11) is 1.64. The number of fused-ring (bicyclic) bond motifs is 1. The molecule has 7 heteroatoms. The predicted molar refractivity (Wildman–Crippen MR) is 90.4 cm³/mol. The Morgan fingerprint density at radius 2 is 1.88 bits per heavy atom. The van der Waals surface area contributed by atoms with Gasteiger partial charge in [0.25, 0.3) is 0 Å². The summed E-state index contributed by atoms with van der Waals surface area (Å²) in [6.07, 6.45) is 0.0826. The summed E-state index contributed by atoms with van der Waals surface area (Å²) in [5.41, 5.74) is 0.390. The number of ether oxygens (including phenoxy) is 4. The first-order chi connectivity index (χ1) is 11.7. The molecule has 1 atom stereocenters. The van der Waals surface area contributed by atoms with Crippen molar-refractivity contribution in [2.45, 2.75) is 40.2 Å². The number of nitrogens with zero attached hydrogens (tertiary/aromatic N) is 1. The van der Waals surface area contributed by atoms with Crippen LogP contribution >= 0.6 is 0 Å². The van der Waals surface area contributed by atoms with Crippen LogP contribution in [0.3, 0.4) is 0 Å². The second kappa shape index (κ2) is 7.63. The third-order valence-electron chi connectivity index (χ3n) is 3.90. The number of amides is 1. The van der Waals surface area contributed by atoms with Crippen LogP contribution in [0.4, 0.5) is 4.79 Å². The second-order valence-electron chi connectivity index (χ2n) is 7.06. The molecule has 1 aliphatic heterocycles. The summed E-state index contributed by atoms with van der Waals surface area (Å²) in [4.78, 5) is 25.2. The fraction of sp³-hybridized carbons (Fsp3) is 0.556. The molecule has 1 unspecified atom stereocenters. The molecule has 1 heterocycles. The average Bonchev–Trinajstić information content (AvgIpc) is 3.00. The van der Waals surface area contributed by atoms with Gasteiger partial charge in [0.2, 0.25) is 13.6 Å². The van der Waals surface area contributed by atoms with Crippen molar-refractivity contribution in [1.29, 1.82) is 0 Å². The van der Waals surface area contributed by atoms with Gasteiger partial charge in [0.15, 0.2) is 11.5 Å². The van der Waals surface area contributed by atoms with Gasteiger partial charge in [-0.2, -0.15) is 0 Å². The zero-order valence-corrected chi connectivity index (χ0v) is 15.3. The van der Waals surface area contributed by atoms with Crippen LogP contribution in [0.25, 0.3) is 0 Å². The topological polar surface area (TPSA) is 74.3 Å². The number of carbonyl (C=O) groups is 2. The van der Waals surface area contributed by atoms with Crippen LogP contribution in [0.1, 0.15) is 33.3 Å². The molecule has 1 aliphatic rings. The van der Waals surface area contributed by atoms with Crippen molar-refractivity contribution < 1.29 is 28.5 Å². The van der Waals surface area contributed by atoms with E-state index in [1.807, 2.05) is 25.1 Å². The molecule has 0 aromatic heterocycles. The smallest absolute Gasteiger partial charge is 0.412 e. The van der Waals surface area contributed by atoms with E-state index in [2.05, 4.69) is 0 Å². The van der Waals surface area contributed by atoms with Crippen molar-refractivity contribution in [3.05, 3.63) is 23.8 Å². The molecule has 25 heavy (non-hydrogen) atoms. The summed E-state index contributed by atoms with van der Waals surface area (Å²) in [5, 5.41) is 0. The lowest BCUT2D eigenvalue weighted by atomic mass is 9.98. The van der Waals surface area contributed by atoms with Crippen LogP contribution in [-0.2, 0) is 20.7 Å². The van der Waals surface area contributed by atoms with E-state index in [1.165, 1.54) is 4.90 Å². The molecular formula is C18H25NO6. The summed E-state index contributed by atoms with van der Waals surface area (Å²) in [5.74, 6) is 1.02. The van der Waals surface area contributed by atoms with Gasteiger partial charge in [0.1, 0.15) is 0 Å². The van der Waals surface area contributed by atoms with Crippen LogP contribution in [0.2, 0.25) is 0 Å². The van der Waals surface area contributed by atoms with Crippen molar-refractivity contribution >= 4 is 12.1 Å². The Hall–Kier alpha value is -2.44. The zero-order valence-electron chi connectivity index (χ0n) is 15.3. The first kappa shape index (κ1) is 18.9. The Kier molecular flexibility index (Phi) is 5.77. The third kappa shape index (κ3) is 5.01. The maximum Gasteiger partial charge on any atom is 0.412 e. The normalized spacial score (nSPS) is 14.0. The number of hydrogen-bond donors (Lipinski definition) is 0. The van der Waals surface area contributed by atoms with Gasteiger partial charge in [-0.15, -0.1) is 0 Å². The SMILES string of the molecule is CC(Cc1ccc2c(c1)OCO2)N(C)C(=O)OCOC(=O)C(C)(C)C. The molecule has 0 N–H and O–H groups in total. The fourth-order valence-corrected chi connectivity index (χ4v) is 2.18. The zero-order chi connectivity index (χ0) is 18.6. The lowest BCUT2D eigenvalue weighted by Crippen LogP contribution is -2.37. The van der Waals surface area contributed by atoms with Crippen LogP contribution < -0.4 is 9.47 Å². The second-order valence-corrected chi connectivity index (χ2v) is 7.06. The number of esters is 1. The maximum atomic E-state index is 12.1. The van der Waals surface area contributed by atoms with E-state index < -0.39 is 24.3 Å². The van der Waals surface area contributed by atoms with Crippen molar-refractivity contribution in [3.63, 3.8) is 0 Å². The lowest BCUT2D eigenvalue weighted by Gasteiger charge is -2.24. The summed E-state index contributed by atoms with van der Waals surface area (Å²) in [6.45, 7) is 6.95. The Morgan fingerprint density at radius 1 is 1.20 bits per heavy atom. The number of likely N-dealkylation sites (N-methyl/N-ethyl adjacent to an activating group) is 1. The van der Waals surface area contributed by atoms with Gasteiger partial charge < -0.3 is 23.8 Å². The molecule has 7 nitrogen and oxygen atoms in total. The van der Waals surface area contributed by atoms with E-state index in [4.69, 9.17) is 18.9 Å². The number of hydrogen-bond acceptors (Lipinski definition) is 6. The molecule has 0 spiro atoms. The Morgan fingerprint density at radius 3 is 2.56 bits per heavy atom. The van der Waals surface area contributed by atoms with E-state index in [-0.39, 0.29) is 12.8 Å². The van der Waals surface area contributed by atoms with Gasteiger partial charge in [-0.1, -0.05) is 6.07 Å².